The molecule has 3 heteroatoms. The van der Waals surface area contributed by atoms with Crippen LogP contribution in [0.15, 0.2) is 24.3 Å². The highest BCUT2D eigenvalue weighted by Gasteiger charge is 2.11. The van der Waals surface area contributed by atoms with Crippen LogP contribution in [0.5, 0.6) is 0 Å². The Bertz CT molecular complexity index is 514. The van der Waals surface area contributed by atoms with Crippen LogP contribution in [0.25, 0.3) is 10.9 Å². The third-order valence-corrected chi connectivity index (χ3v) is 2.64. The quantitative estimate of drug-likeness (QED) is 0.803. The summed E-state index contributed by atoms with van der Waals surface area (Å²) in [7, 11) is 1.40. The number of aryl methyl sites for hydroxylation is 1. The average Bonchev–Trinajstić information content (AvgIpc) is 2.70. The molecule has 0 unspecified atom stereocenters. The first kappa shape index (κ1) is 10.7. The molecule has 1 heterocycles. The molecule has 0 saturated carbocycles. The van der Waals surface area contributed by atoms with Gasteiger partial charge in [0.2, 0.25) is 0 Å². The standard InChI is InChI=1S/C13H15NO2/c1-3-5-9-8-11-10(13(15)16-2)6-4-7-12(11)14-9/h4,6-8,14H,3,5H2,1-2H3. The van der Waals surface area contributed by atoms with E-state index in [0.29, 0.717) is 5.56 Å². The van der Waals surface area contributed by atoms with Crippen LogP contribution in [0.1, 0.15) is 29.4 Å². The zero-order valence-electron chi connectivity index (χ0n) is 9.54. The summed E-state index contributed by atoms with van der Waals surface area (Å²) in [6.07, 6.45) is 2.08. The monoisotopic (exact) mass is 217 g/mol. The molecule has 1 N–H and O–H groups in total. The molecule has 1 aromatic carbocycles. The van der Waals surface area contributed by atoms with Gasteiger partial charge in [-0.2, -0.15) is 0 Å². The predicted octanol–water partition coefficient (Wildman–Crippen LogP) is 2.91. The molecule has 0 fully saturated rings. The lowest BCUT2D eigenvalue weighted by molar-refractivity contribution is 0.0603. The SMILES string of the molecule is CCCc1cc2c(C(=O)OC)cccc2[nH]1. The Morgan fingerprint density at radius 2 is 2.25 bits per heavy atom. The second kappa shape index (κ2) is 4.39. The first-order valence-electron chi connectivity index (χ1n) is 5.45. The molecule has 0 aliphatic rings. The zero-order chi connectivity index (χ0) is 11.5. The summed E-state index contributed by atoms with van der Waals surface area (Å²) in [4.78, 5) is 14.9. The van der Waals surface area contributed by atoms with Gasteiger partial charge in [0.1, 0.15) is 0 Å². The molecule has 2 aromatic rings. The van der Waals surface area contributed by atoms with Crippen molar-refractivity contribution in [3.63, 3.8) is 0 Å². The van der Waals surface area contributed by atoms with E-state index < -0.39 is 0 Å². The topological polar surface area (TPSA) is 42.1 Å². The highest BCUT2D eigenvalue weighted by atomic mass is 16.5. The molecule has 0 radical (unpaired) electrons. The lowest BCUT2D eigenvalue weighted by atomic mass is 10.1. The Hall–Kier alpha value is -1.77. The minimum absolute atomic E-state index is 0.285. The maximum atomic E-state index is 11.6. The third kappa shape index (κ3) is 1.81. The number of ether oxygens (including phenoxy) is 1. The number of fused-ring (bicyclic) bond motifs is 1. The number of benzene rings is 1. The molecule has 0 spiro atoms. The van der Waals surface area contributed by atoms with Crippen molar-refractivity contribution in [2.45, 2.75) is 19.8 Å². The van der Waals surface area contributed by atoms with Crippen LogP contribution in [0.4, 0.5) is 0 Å². The minimum Gasteiger partial charge on any atom is -0.465 e. The molecule has 0 bridgehead atoms. The molecule has 0 atom stereocenters. The van der Waals surface area contributed by atoms with E-state index in [4.69, 9.17) is 4.74 Å². The third-order valence-electron chi connectivity index (χ3n) is 2.64. The minimum atomic E-state index is -0.285. The smallest absolute Gasteiger partial charge is 0.338 e. The number of nitrogens with one attached hydrogen (secondary N) is 1. The fourth-order valence-corrected chi connectivity index (χ4v) is 1.90. The fourth-order valence-electron chi connectivity index (χ4n) is 1.90. The van der Waals surface area contributed by atoms with E-state index in [9.17, 15) is 4.79 Å². The Kier molecular flexibility index (Phi) is 2.95. The van der Waals surface area contributed by atoms with Gasteiger partial charge in [-0.15, -0.1) is 0 Å². The summed E-state index contributed by atoms with van der Waals surface area (Å²) < 4.78 is 4.76. The van der Waals surface area contributed by atoms with Gasteiger partial charge >= 0.3 is 5.97 Å². The molecule has 16 heavy (non-hydrogen) atoms. The van der Waals surface area contributed by atoms with Crippen molar-refractivity contribution in [2.75, 3.05) is 7.11 Å². The van der Waals surface area contributed by atoms with Crippen molar-refractivity contribution in [2.24, 2.45) is 0 Å². The number of rotatable bonds is 3. The van der Waals surface area contributed by atoms with E-state index in [1.807, 2.05) is 18.2 Å². The number of carbonyl (C=O) groups is 1. The molecular weight excluding hydrogens is 202 g/mol. The molecule has 0 amide bonds. The molecule has 0 saturated heterocycles. The van der Waals surface area contributed by atoms with Gasteiger partial charge in [-0.1, -0.05) is 19.4 Å². The second-order valence-electron chi connectivity index (χ2n) is 3.80. The Labute approximate surface area is 94.4 Å². The summed E-state index contributed by atoms with van der Waals surface area (Å²) in [5.41, 5.74) is 2.78. The fraction of sp³-hybridized carbons (Fsp3) is 0.308. The first-order valence-corrected chi connectivity index (χ1v) is 5.45. The van der Waals surface area contributed by atoms with Crippen molar-refractivity contribution in [3.8, 4) is 0 Å². The lowest BCUT2D eigenvalue weighted by Crippen LogP contribution is -2.00. The summed E-state index contributed by atoms with van der Waals surface area (Å²) in [6.45, 7) is 2.13. The number of hydrogen-bond acceptors (Lipinski definition) is 2. The summed E-state index contributed by atoms with van der Waals surface area (Å²) in [5, 5.41) is 0.942. The van der Waals surface area contributed by atoms with Crippen LogP contribution in [-0.2, 0) is 11.2 Å². The largest absolute Gasteiger partial charge is 0.465 e. The van der Waals surface area contributed by atoms with Crippen LogP contribution >= 0.6 is 0 Å². The second-order valence-corrected chi connectivity index (χ2v) is 3.80. The van der Waals surface area contributed by atoms with Crippen LogP contribution in [0.3, 0.4) is 0 Å². The number of aromatic nitrogens is 1. The molecule has 0 aliphatic heterocycles. The summed E-state index contributed by atoms with van der Waals surface area (Å²) in [6, 6.07) is 7.66. The van der Waals surface area contributed by atoms with Gasteiger partial charge in [0.15, 0.2) is 0 Å². The van der Waals surface area contributed by atoms with Gasteiger partial charge in [0.25, 0.3) is 0 Å². The number of methoxy groups -OCH3 is 1. The zero-order valence-corrected chi connectivity index (χ0v) is 9.54. The van der Waals surface area contributed by atoms with E-state index in [1.54, 1.807) is 6.07 Å². The summed E-state index contributed by atoms with van der Waals surface area (Å²) in [5.74, 6) is -0.285. The highest BCUT2D eigenvalue weighted by Crippen LogP contribution is 2.21. The van der Waals surface area contributed by atoms with E-state index in [0.717, 1.165) is 29.4 Å². The maximum Gasteiger partial charge on any atom is 0.338 e. The lowest BCUT2D eigenvalue weighted by Gasteiger charge is -1.99. The van der Waals surface area contributed by atoms with Crippen LogP contribution in [0, 0.1) is 0 Å². The van der Waals surface area contributed by atoms with E-state index >= 15 is 0 Å². The molecule has 0 aliphatic carbocycles. The summed E-state index contributed by atoms with van der Waals surface area (Å²) >= 11 is 0. The van der Waals surface area contributed by atoms with Crippen LogP contribution in [-0.4, -0.2) is 18.1 Å². The van der Waals surface area contributed by atoms with Crippen molar-refractivity contribution in [1.29, 1.82) is 0 Å². The number of esters is 1. The number of hydrogen-bond donors (Lipinski definition) is 1. The normalized spacial score (nSPS) is 10.6. The van der Waals surface area contributed by atoms with Crippen LogP contribution < -0.4 is 0 Å². The Balaban J connectivity index is 2.54. The van der Waals surface area contributed by atoms with Crippen molar-refractivity contribution >= 4 is 16.9 Å². The van der Waals surface area contributed by atoms with Crippen molar-refractivity contribution in [3.05, 3.63) is 35.5 Å². The number of aromatic amines is 1. The number of H-pyrrole nitrogens is 1. The van der Waals surface area contributed by atoms with E-state index in [-0.39, 0.29) is 5.97 Å². The van der Waals surface area contributed by atoms with Crippen molar-refractivity contribution < 1.29 is 9.53 Å². The highest BCUT2D eigenvalue weighted by molar-refractivity contribution is 6.03. The van der Waals surface area contributed by atoms with Gasteiger partial charge < -0.3 is 9.72 Å². The van der Waals surface area contributed by atoms with Gasteiger partial charge in [-0.25, -0.2) is 4.79 Å². The number of carbonyl (C=O) groups excluding carboxylic acids is 1. The molecule has 3 nitrogen and oxygen atoms in total. The molecule has 1 aromatic heterocycles. The average molecular weight is 217 g/mol. The van der Waals surface area contributed by atoms with E-state index in [1.165, 1.54) is 7.11 Å². The van der Waals surface area contributed by atoms with Crippen LogP contribution in [0.2, 0.25) is 0 Å². The Morgan fingerprint density at radius 1 is 1.44 bits per heavy atom. The Morgan fingerprint density at radius 3 is 2.94 bits per heavy atom. The molecule has 84 valence electrons. The maximum absolute atomic E-state index is 11.6. The molecular formula is C13H15NO2. The van der Waals surface area contributed by atoms with Gasteiger partial charge in [-0.3, -0.25) is 0 Å². The van der Waals surface area contributed by atoms with Gasteiger partial charge in [0.05, 0.1) is 12.7 Å². The van der Waals surface area contributed by atoms with Gasteiger partial charge in [-0.05, 0) is 24.6 Å². The van der Waals surface area contributed by atoms with Gasteiger partial charge in [0, 0.05) is 16.6 Å². The first-order chi connectivity index (χ1) is 7.76. The van der Waals surface area contributed by atoms with Crippen molar-refractivity contribution in [1.82, 2.24) is 4.98 Å². The predicted molar refractivity (Wildman–Crippen MR) is 63.6 cm³/mol. The molecule has 2 rings (SSSR count). The van der Waals surface area contributed by atoms with E-state index in [2.05, 4.69) is 11.9 Å².